The SMILES string of the molecule is Cc1ccccc1CCC(=O)Nc1cccc(CNC(=O)CCNC(=O)OC(C)(C)C)c1. The fourth-order valence-electron chi connectivity index (χ4n) is 3.00. The molecule has 3 amide bonds. The summed E-state index contributed by atoms with van der Waals surface area (Å²) in [7, 11) is 0. The average Bonchev–Trinajstić information content (AvgIpc) is 2.70. The molecule has 0 saturated carbocycles. The number of amides is 3. The van der Waals surface area contributed by atoms with Crippen molar-refractivity contribution in [3.63, 3.8) is 0 Å². The van der Waals surface area contributed by atoms with Crippen molar-refractivity contribution in [3.05, 3.63) is 65.2 Å². The van der Waals surface area contributed by atoms with Gasteiger partial charge in [0.15, 0.2) is 0 Å². The highest BCUT2D eigenvalue weighted by Gasteiger charge is 2.15. The molecule has 0 saturated heterocycles. The molecule has 0 radical (unpaired) electrons. The molecule has 0 bridgehead atoms. The van der Waals surface area contributed by atoms with Gasteiger partial charge in [-0.3, -0.25) is 9.59 Å². The zero-order valence-electron chi connectivity index (χ0n) is 19.3. The molecule has 172 valence electrons. The van der Waals surface area contributed by atoms with E-state index in [-0.39, 0.29) is 24.8 Å². The Morgan fingerprint density at radius 3 is 2.38 bits per heavy atom. The van der Waals surface area contributed by atoms with E-state index >= 15 is 0 Å². The van der Waals surface area contributed by atoms with E-state index in [9.17, 15) is 14.4 Å². The summed E-state index contributed by atoms with van der Waals surface area (Å²) in [4.78, 5) is 35.9. The smallest absolute Gasteiger partial charge is 0.407 e. The fraction of sp³-hybridized carbons (Fsp3) is 0.400. The van der Waals surface area contributed by atoms with E-state index < -0.39 is 11.7 Å². The van der Waals surface area contributed by atoms with Crippen LogP contribution in [-0.2, 0) is 27.3 Å². The van der Waals surface area contributed by atoms with E-state index in [0.717, 1.165) is 5.56 Å². The summed E-state index contributed by atoms with van der Waals surface area (Å²) in [6, 6.07) is 15.4. The predicted octanol–water partition coefficient (Wildman–Crippen LogP) is 4.10. The molecular formula is C25H33N3O4. The Bertz CT molecular complexity index is 935. The summed E-state index contributed by atoms with van der Waals surface area (Å²) >= 11 is 0. The quantitative estimate of drug-likeness (QED) is 0.548. The number of alkyl carbamates (subject to hydrolysis) is 1. The van der Waals surface area contributed by atoms with Crippen molar-refractivity contribution in [1.82, 2.24) is 10.6 Å². The first kappa shape index (κ1) is 24.9. The maximum absolute atomic E-state index is 12.3. The Morgan fingerprint density at radius 2 is 1.66 bits per heavy atom. The van der Waals surface area contributed by atoms with Gasteiger partial charge in [0.05, 0.1) is 0 Å². The van der Waals surface area contributed by atoms with Crippen LogP contribution in [0, 0.1) is 6.92 Å². The first-order valence-electron chi connectivity index (χ1n) is 10.8. The lowest BCUT2D eigenvalue weighted by Gasteiger charge is -2.19. The molecule has 0 aliphatic heterocycles. The molecule has 3 N–H and O–H groups in total. The molecule has 0 aliphatic rings. The van der Waals surface area contributed by atoms with Crippen LogP contribution < -0.4 is 16.0 Å². The van der Waals surface area contributed by atoms with E-state index in [1.807, 2.05) is 55.5 Å². The molecular weight excluding hydrogens is 406 g/mol. The number of nitrogens with one attached hydrogen (secondary N) is 3. The van der Waals surface area contributed by atoms with E-state index in [4.69, 9.17) is 4.74 Å². The Hall–Kier alpha value is -3.35. The van der Waals surface area contributed by atoms with Crippen LogP contribution in [0.3, 0.4) is 0 Å². The fourth-order valence-corrected chi connectivity index (χ4v) is 3.00. The van der Waals surface area contributed by atoms with Gasteiger partial charge in [0.25, 0.3) is 0 Å². The molecule has 0 unspecified atom stereocenters. The van der Waals surface area contributed by atoms with E-state index in [1.54, 1.807) is 20.8 Å². The third kappa shape index (κ3) is 9.64. The van der Waals surface area contributed by atoms with Gasteiger partial charge in [-0.15, -0.1) is 0 Å². The normalized spacial score (nSPS) is 10.9. The summed E-state index contributed by atoms with van der Waals surface area (Å²) in [5, 5.41) is 8.28. The highest BCUT2D eigenvalue weighted by atomic mass is 16.6. The van der Waals surface area contributed by atoms with E-state index in [2.05, 4.69) is 16.0 Å². The van der Waals surface area contributed by atoms with Crippen LogP contribution in [0.1, 0.15) is 50.3 Å². The molecule has 0 fully saturated rings. The summed E-state index contributed by atoms with van der Waals surface area (Å²) in [6.45, 7) is 7.90. The lowest BCUT2D eigenvalue weighted by atomic mass is 10.0. The molecule has 0 heterocycles. The zero-order chi connectivity index (χ0) is 23.6. The van der Waals surface area contributed by atoms with Gasteiger partial charge in [-0.05, 0) is 62.9 Å². The Morgan fingerprint density at radius 1 is 0.906 bits per heavy atom. The maximum atomic E-state index is 12.3. The minimum Gasteiger partial charge on any atom is -0.444 e. The largest absolute Gasteiger partial charge is 0.444 e. The van der Waals surface area contributed by atoms with Crippen molar-refractivity contribution in [2.75, 3.05) is 11.9 Å². The average molecular weight is 440 g/mol. The minimum atomic E-state index is -0.576. The summed E-state index contributed by atoms with van der Waals surface area (Å²) in [5.74, 6) is -0.239. The van der Waals surface area contributed by atoms with Crippen LogP contribution >= 0.6 is 0 Å². The number of ether oxygens (including phenoxy) is 1. The van der Waals surface area contributed by atoms with Crippen LogP contribution in [0.4, 0.5) is 10.5 Å². The first-order valence-corrected chi connectivity index (χ1v) is 10.8. The topological polar surface area (TPSA) is 96.5 Å². The van der Waals surface area contributed by atoms with Crippen molar-refractivity contribution in [2.45, 2.75) is 59.1 Å². The van der Waals surface area contributed by atoms with Gasteiger partial charge >= 0.3 is 6.09 Å². The van der Waals surface area contributed by atoms with Gasteiger partial charge in [0, 0.05) is 31.6 Å². The monoisotopic (exact) mass is 439 g/mol. The van der Waals surface area contributed by atoms with Gasteiger partial charge < -0.3 is 20.7 Å². The Balaban J connectivity index is 1.73. The maximum Gasteiger partial charge on any atom is 0.407 e. The van der Waals surface area contributed by atoms with Crippen molar-refractivity contribution < 1.29 is 19.1 Å². The first-order chi connectivity index (χ1) is 15.1. The number of aryl methyl sites for hydroxylation is 2. The molecule has 0 atom stereocenters. The van der Waals surface area contributed by atoms with Gasteiger partial charge in [-0.2, -0.15) is 0 Å². The lowest BCUT2D eigenvalue weighted by molar-refractivity contribution is -0.121. The predicted molar refractivity (Wildman–Crippen MR) is 125 cm³/mol. The van der Waals surface area contributed by atoms with E-state index in [1.165, 1.54) is 11.1 Å². The molecule has 7 heteroatoms. The second kappa shape index (κ2) is 11.9. The molecule has 2 rings (SSSR count). The van der Waals surface area contributed by atoms with Gasteiger partial charge in [0.1, 0.15) is 5.60 Å². The van der Waals surface area contributed by atoms with Crippen LogP contribution in [0.15, 0.2) is 48.5 Å². The highest BCUT2D eigenvalue weighted by Crippen LogP contribution is 2.13. The van der Waals surface area contributed by atoms with Crippen LogP contribution in [-0.4, -0.2) is 30.1 Å². The number of rotatable bonds is 9. The van der Waals surface area contributed by atoms with E-state index in [0.29, 0.717) is 25.1 Å². The Labute approximate surface area is 189 Å². The van der Waals surface area contributed by atoms with Crippen LogP contribution in [0.5, 0.6) is 0 Å². The molecule has 7 nitrogen and oxygen atoms in total. The van der Waals surface area contributed by atoms with Crippen LogP contribution in [0.25, 0.3) is 0 Å². The molecule has 32 heavy (non-hydrogen) atoms. The van der Waals surface area contributed by atoms with Gasteiger partial charge in [-0.25, -0.2) is 4.79 Å². The second-order valence-corrected chi connectivity index (χ2v) is 8.63. The van der Waals surface area contributed by atoms with Crippen molar-refractivity contribution in [3.8, 4) is 0 Å². The van der Waals surface area contributed by atoms with Crippen molar-refractivity contribution >= 4 is 23.6 Å². The Kier molecular flexibility index (Phi) is 9.25. The number of benzene rings is 2. The van der Waals surface area contributed by atoms with Crippen molar-refractivity contribution in [2.24, 2.45) is 0 Å². The number of carbonyl (C=O) groups is 3. The summed E-state index contributed by atoms with van der Waals surface area (Å²) < 4.78 is 5.13. The molecule has 2 aromatic rings. The lowest BCUT2D eigenvalue weighted by Crippen LogP contribution is -2.35. The third-order valence-electron chi connectivity index (χ3n) is 4.60. The molecule has 0 aliphatic carbocycles. The van der Waals surface area contributed by atoms with Crippen molar-refractivity contribution in [1.29, 1.82) is 0 Å². The summed E-state index contributed by atoms with van der Waals surface area (Å²) in [6.07, 6.45) is 0.688. The molecule has 2 aromatic carbocycles. The third-order valence-corrected chi connectivity index (χ3v) is 4.60. The standard InChI is InChI=1S/C25H33N3O4/c1-18-8-5-6-10-20(18)12-13-23(30)28-21-11-7-9-19(16-21)17-27-22(29)14-15-26-24(31)32-25(2,3)4/h5-11,16H,12-15,17H2,1-4H3,(H,26,31)(H,27,29)(H,28,30). The second-order valence-electron chi connectivity index (χ2n) is 8.63. The highest BCUT2D eigenvalue weighted by molar-refractivity contribution is 5.91. The van der Waals surface area contributed by atoms with Gasteiger partial charge in [-0.1, -0.05) is 36.4 Å². The number of anilines is 1. The summed E-state index contributed by atoms with van der Waals surface area (Å²) in [5.41, 5.74) is 3.33. The van der Waals surface area contributed by atoms with Gasteiger partial charge in [0.2, 0.25) is 11.8 Å². The zero-order valence-corrected chi connectivity index (χ0v) is 19.3. The van der Waals surface area contributed by atoms with Crippen LogP contribution in [0.2, 0.25) is 0 Å². The molecule has 0 aromatic heterocycles. The number of hydrogen-bond acceptors (Lipinski definition) is 4. The number of carbonyl (C=O) groups excluding carboxylic acids is 3. The number of hydrogen-bond donors (Lipinski definition) is 3. The molecule has 0 spiro atoms. The minimum absolute atomic E-state index is 0.0531.